The van der Waals surface area contributed by atoms with Crippen LogP contribution in [-0.2, 0) is 10.9 Å². The molecule has 0 radical (unpaired) electrons. The summed E-state index contributed by atoms with van der Waals surface area (Å²) in [5.41, 5.74) is 1.16. The lowest BCUT2D eigenvalue weighted by molar-refractivity contribution is -0.134. The molecule has 0 aromatic carbocycles. The Kier molecular flexibility index (Phi) is 4.72. The lowest BCUT2D eigenvalue weighted by Gasteiger charge is -2.41. The molecular weight excluding hydrogens is 403 g/mol. The summed E-state index contributed by atoms with van der Waals surface area (Å²) in [6.07, 6.45) is -0.735. The molecule has 0 atom stereocenters. The predicted octanol–water partition coefficient (Wildman–Crippen LogP) is 3.75. The van der Waals surface area contributed by atoms with Crippen molar-refractivity contribution in [3.63, 3.8) is 0 Å². The van der Waals surface area contributed by atoms with Crippen LogP contribution in [0.25, 0.3) is 16.2 Å². The SMILES string of the molecule is FC(F)(F)c1ccc(-c2cnc3ccc(NC4CCN(C5COC5)CC4)nn23)s1. The number of imidazole rings is 1. The summed E-state index contributed by atoms with van der Waals surface area (Å²) in [4.78, 5) is 6.62. The number of ether oxygens (including phenoxy) is 1. The van der Waals surface area contributed by atoms with Crippen molar-refractivity contribution in [3.05, 3.63) is 35.3 Å². The Morgan fingerprint density at radius 2 is 1.90 bits per heavy atom. The fourth-order valence-corrected chi connectivity index (χ4v) is 4.67. The van der Waals surface area contributed by atoms with Gasteiger partial charge in [0, 0.05) is 19.1 Å². The van der Waals surface area contributed by atoms with Crippen molar-refractivity contribution in [1.82, 2.24) is 19.5 Å². The molecule has 0 unspecified atom stereocenters. The Balaban J connectivity index is 1.32. The molecule has 2 aliphatic rings. The topological polar surface area (TPSA) is 54.7 Å². The number of halogens is 3. The number of thiophene rings is 1. The fraction of sp³-hybridized carbons (Fsp3) is 0.474. The molecule has 0 aliphatic carbocycles. The minimum atomic E-state index is -4.34. The molecule has 0 amide bonds. The number of anilines is 1. The maximum atomic E-state index is 12.9. The van der Waals surface area contributed by atoms with Gasteiger partial charge in [0.2, 0.25) is 0 Å². The summed E-state index contributed by atoms with van der Waals surface area (Å²) >= 11 is 0.702. The van der Waals surface area contributed by atoms with Gasteiger partial charge in [0.05, 0.1) is 30.3 Å². The van der Waals surface area contributed by atoms with E-state index >= 15 is 0 Å². The van der Waals surface area contributed by atoms with E-state index in [1.165, 1.54) is 6.07 Å². The minimum Gasteiger partial charge on any atom is -0.378 e. The van der Waals surface area contributed by atoms with Gasteiger partial charge in [-0.1, -0.05) is 0 Å². The van der Waals surface area contributed by atoms with Crippen LogP contribution in [0.15, 0.2) is 30.5 Å². The molecule has 154 valence electrons. The first kappa shape index (κ1) is 18.8. The number of hydrogen-bond acceptors (Lipinski definition) is 6. The number of fused-ring (bicyclic) bond motifs is 1. The fourth-order valence-electron chi connectivity index (χ4n) is 3.80. The van der Waals surface area contributed by atoms with Gasteiger partial charge in [0.15, 0.2) is 5.65 Å². The van der Waals surface area contributed by atoms with Gasteiger partial charge in [-0.05, 0) is 37.1 Å². The quantitative estimate of drug-likeness (QED) is 0.693. The number of hydrogen-bond donors (Lipinski definition) is 1. The second-order valence-electron chi connectivity index (χ2n) is 7.44. The van der Waals surface area contributed by atoms with Crippen molar-refractivity contribution in [2.24, 2.45) is 0 Å². The van der Waals surface area contributed by atoms with Crippen molar-refractivity contribution in [3.8, 4) is 10.6 Å². The Hall–Kier alpha value is -2.17. The van der Waals surface area contributed by atoms with E-state index in [1.807, 2.05) is 12.1 Å². The first-order valence-electron chi connectivity index (χ1n) is 9.58. The van der Waals surface area contributed by atoms with E-state index in [-0.39, 0.29) is 0 Å². The monoisotopic (exact) mass is 423 g/mol. The Morgan fingerprint density at radius 1 is 1.10 bits per heavy atom. The number of alkyl halides is 3. The van der Waals surface area contributed by atoms with Crippen molar-refractivity contribution >= 4 is 22.8 Å². The van der Waals surface area contributed by atoms with Crippen LogP contribution in [-0.4, -0.2) is 57.9 Å². The molecule has 1 N–H and O–H groups in total. The van der Waals surface area contributed by atoms with Gasteiger partial charge in [-0.25, -0.2) is 9.50 Å². The van der Waals surface area contributed by atoms with E-state index < -0.39 is 11.1 Å². The number of aromatic nitrogens is 3. The molecule has 5 rings (SSSR count). The summed E-state index contributed by atoms with van der Waals surface area (Å²) in [5, 5.41) is 8.07. The number of nitrogens with one attached hydrogen (secondary N) is 1. The lowest BCUT2D eigenvalue weighted by Crippen LogP contribution is -2.53. The molecule has 5 heterocycles. The van der Waals surface area contributed by atoms with E-state index in [0.717, 1.165) is 45.2 Å². The van der Waals surface area contributed by atoms with Crippen LogP contribution in [0.4, 0.5) is 19.0 Å². The van der Waals surface area contributed by atoms with E-state index in [0.29, 0.717) is 45.5 Å². The molecule has 3 aromatic rings. The van der Waals surface area contributed by atoms with Crippen LogP contribution in [0.3, 0.4) is 0 Å². The Bertz CT molecular complexity index is 1000. The van der Waals surface area contributed by atoms with Gasteiger partial charge in [0.25, 0.3) is 0 Å². The molecule has 2 fully saturated rings. The lowest BCUT2D eigenvalue weighted by atomic mass is 10.0. The van der Waals surface area contributed by atoms with E-state index in [9.17, 15) is 13.2 Å². The third-order valence-corrected chi connectivity index (χ3v) is 6.67. The average Bonchev–Trinajstić information content (AvgIpc) is 3.28. The molecule has 0 bridgehead atoms. The van der Waals surface area contributed by atoms with Gasteiger partial charge >= 0.3 is 6.18 Å². The summed E-state index contributed by atoms with van der Waals surface area (Å²) in [6.45, 7) is 3.72. The van der Waals surface area contributed by atoms with Gasteiger partial charge < -0.3 is 10.1 Å². The number of nitrogens with zero attached hydrogens (tertiary/aromatic N) is 4. The van der Waals surface area contributed by atoms with Crippen LogP contribution in [0.1, 0.15) is 17.7 Å². The highest BCUT2D eigenvalue weighted by Gasteiger charge is 2.33. The largest absolute Gasteiger partial charge is 0.425 e. The Morgan fingerprint density at radius 3 is 2.55 bits per heavy atom. The van der Waals surface area contributed by atoms with Crippen molar-refractivity contribution < 1.29 is 17.9 Å². The van der Waals surface area contributed by atoms with E-state index in [1.54, 1.807) is 10.7 Å². The van der Waals surface area contributed by atoms with Crippen LogP contribution in [0, 0.1) is 0 Å². The highest BCUT2D eigenvalue weighted by Crippen LogP contribution is 2.38. The molecular formula is C19H20F3N5OS. The second-order valence-corrected chi connectivity index (χ2v) is 8.52. The average molecular weight is 423 g/mol. The van der Waals surface area contributed by atoms with Crippen molar-refractivity contribution in [2.45, 2.75) is 31.1 Å². The summed E-state index contributed by atoms with van der Waals surface area (Å²) < 4.78 is 45.7. The summed E-state index contributed by atoms with van der Waals surface area (Å²) in [7, 11) is 0. The van der Waals surface area contributed by atoms with Crippen molar-refractivity contribution in [2.75, 3.05) is 31.6 Å². The molecule has 0 saturated carbocycles. The number of piperidine rings is 1. The third-order valence-electron chi connectivity index (χ3n) is 5.52. The van der Waals surface area contributed by atoms with Crippen LogP contribution in [0.5, 0.6) is 0 Å². The molecule has 2 saturated heterocycles. The zero-order chi connectivity index (χ0) is 20.0. The van der Waals surface area contributed by atoms with Gasteiger partial charge in [0.1, 0.15) is 16.4 Å². The van der Waals surface area contributed by atoms with Crippen molar-refractivity contribution in [1.29, 1.82) is 0 Å². The van der Waals surface area contributed by atoms with Crippen LogP contribution in [0.2, 0.25) is 0 Å². The van der Waals surface area contributed by atoms with E-state index in [4.69, 9.17) is 4.74 Å². The normalized spacial score (nSPS) is 19.6. The molecule has 0 spiro atoms. The summed E-state index contributed by atoms with van der Waals surface area (Å²) in [5.74, 6) is 0.703. The van der Waals surface area contributed by atoms with Crippen LogP contribution >= 0.6 is 11.3 Å². The third kappa shape index (κ3) is 3.72. The molecule has 29 heavy (non-hydrogen) atoms. The van der Waals surface area contributed by atoms with E-state index in [2.05, 4.69) is 20.3 Å². The first-order valence-corrected chi connectivity index (χ1v) is 10.4. The first-order chi connectivity index (χ1) is 14.0. The maximum Gasteiger partial charge on any atom is 0.425 e. The second kappa shape index (κ2) is 7.26. The zero-order valence-electron chi connectivity index (χ0n) is 15.5. The summed E-state index contributed by atoms with van der Waals surface area (Å²) in [6, 6.07) is 7.15. The molecule has 6 nitrogen and oxygen atoms in total. The highest BCUT2D eigenvalue weighted by atomic mass is 32.1. The van der Waals surface area contributed by atoms with Gasteiger partial charge in [-0.15, -0.1) is 16.4 Å². The van der Waals surface area contributed by atoms with Crippen LogP contribution < -0.4 is 5.32 Å². The zero-order valence-corrected chi connectivity index (χ0v) is 16.3. The standard InChI is InChI=1S/C19H20F3N5OS/c20-19(21,22)16-2-1-15(29-16)14-9-23-18-4-3-17(25-27(14)18)24-12-5-7-26(8-6-12)13-10-28-11-13/h1-4,9,12-13H,5-8,10-11H2,(H,24,25). The number of rotatable bonds is 4. The molecule has 3 aromatic heterocycles. The van der Waals surface area contributed by atoms with Gasteiger partial charge in [-0.2, -0.15) is 13.2 Å². The molecule has 2 aliphatic heterocycles. The maximum absolute atomic E-state index is 12.9. The Labute approximate surface area is 169 Å². The molecule has 10 heteroatoms. The number of likely N-dealkylation sites (tertiary alicyclic amines) is 1. The minimum absolute atomic E-state index is 0.322. The smallest absolute Gasteiger partial charge is 0.378 e. The predicted molar refractivity (Wildman–Crippen MR) is 104 cm³/mol. The highest BCUT2D eigenvalue weighted by molar-refractivity contribution is 7.15. The van der Waals surface area contributed by atoms with Gasteiger partial charge in [-0.3, -0.25) is 4.90 Å².